The zero-order chi connectivity index (χ0) is 19.8. The van der Waals surface area contributed by atoms with E-state index in [-0.39, 0.29) is 6.10 Å². The van der Waals surface area contributed by atoms with Gasteiger partial charge in [-0.15, -0.1) is 0 Å². The first-order valence-corrected chi connectivity index (χ1v) is 12.7. The fraction of sp³-hybridized carbons (Fsp3) is 1.00. The molecule has 0 aromatic carbocycles. The van der Waals surface area contributed by atoms with Crippen LogP contribution in [0.15, 0.2) is 0 Å². The molecule has 0 radical (unpaired) electrons. The monoisotopic (exact) mass is 383 g/mol. The van der Waals surface area contributed by atoms with Crippen molar-refractivity contribution < 1.29 is 5.11 Å². The fourth-order valence-corrected chi connectivity index (χ4v) is 3.93. The number of nitrogens with two attached hydrogens (primary N) is 1. The molecule has 0 rings (SSSR count). The molecule has 0 saturated heterocycles. The van der Waals surface area contributed by atoms with E-state index in [0.717, 1.165) is 12.8 Å². The summed E-state index contributed by atoms with van der Waals surface area (Å²) in [6.07, 6.45) is 30.3. The van der Waals surface area contributed by atoms with Crippen molar-refractivity contribution in [2.24, 2.45) is 5.73 Å². The highest BCUT2D eigenvalue weighted by Crippen LogP contribution is 2.15. The molecule has 0 bridgehead atoms. The third-order valence-electron chi connectivity index (χ3n) is 5.91. The predicted molar refractivity (Wildman–Crippen MR) is 122 cm³/mol. The van der Waals surface area contributed by atoms with Crippen LogP contribution in [0.2, 0.25) is 0 Å². The van der Waals surface area contributed by atoms with E-state index in [9.17, 15) is 5.11 Å². The molecule has 0 fully saturated rings. The largest absolute Gasteiger partial charge is 0.392 e. The highest BCUT2D eigenvalue weighted by atomic mass is 16.3. The van der Waals surface area contributed by atoms with E-state index in [1.807, 2.05) is 0 Å². The number of aliphatic hydroxyl groups is 1. The summed E-state index contributed by atoms with van der Waals surface area (Å²) in [7, 11) is 0. The van der Waals surface area contributed by atoms with Gasteiger partial charge in [-0.1, -0.05) is 142 Å². The molecule has 0 saturated carbocycles. The van der Waals surface area contributed by atoms with Gasteiger partial charge in [-0.25, -0.2) is 0 Å². The Hall–Kier alpha value is -0.0800. The van der Waals surface area contributed by atoms with E-state index in [1.54, 1.807) is 0 Å². The van der Waals surface area contributed by atoms with E-state index in [0.29, 0.717) is 6.54 Å². The Bertz CT molecular complexity index is 257. The van der Waals surface area contributed by atoms with Gasteiger partial charge in [0.2, 0.25) is 0 Å². The lowest BCUT2D eigenvalue weighted by atomic mass is 10.0. The van der Waals surface area contributed by atoms with Crippen LogP contribution in [-0.2, 0) is 0 Å². The Labute approximate surface area is 172 Å². The Morgan fingerprint density at radius 2 is 0.741 bits per heavy atom. The summed E-state index contributed by atoms with van der Waals surface area (Å²) in [5.41, 5.74) is 5.41. The lowest BCUT2D eigenvalue weighted by Crippen LogP contribution is -2.19. The summed E-state index contributed by atoms with van der Waals surface area (Å²) in [5, 5.41) is 9.39. The molecule has 2 heteroatoms. The van der Waals surface area contributed by atoms with Crippen molar-refractivity contribution in [3.63, 3.8) is 0 Å². The molecule has 27 heavy (non-hydrogen) atoms. The summed E-state index contributed by atoms with van der Waals surface area (Å²) in [5.74, 6) is 0. The summed E-state index contributed by atoms with van der Waals surface area (Å²) in [6, 6.07) is 0. The number of aliphatic hydroxyl groups excluding tert-OH is 1. The third kappa shape index (κ3) is 23.9. The van der Waals surface area contributed by atoms with Gasteiger partial charge in [0.05, 0.1) is 6.10 Å². The van der Waals surface area contributed by atoms with Gasteiger partial charge in [0.15, 0.2) is 0 Å². The Balaban J connectivity index is 2.99. The van der Waals surface area contributed by atoms with Gasteiger partial charge in [0.1, 0.15) is 0 Å². The molecular weight excluding hydrogens is 330 g/mol. The standard InChI is InChI=1S/C25H53NO/c1-2-3-4-5-6-7-8-9-10-11-12-13-14-15-16-17-18-19-20-21-22-23-25(27)24-26/h25,27H,2-24,26H2,1H3. The van der Waals surface area contributed by atoms with Crippen LogP contribution in [-0.4, -0.2) is 17.8 Å². The van der Waals surface area contributed by atoms with E-state index < -0.39 is 0 Å². The second-order valence-electron chi connectivity index (χ2n) is 8.75. The fourth-order valence-electron chi connectivity index (χ4n) is 3.93. The smallest absolute Gasteiger partial charge is 0.0662 e. The van der Waals surface area contributed by atoms with Crippen LogP contribution in [0, 0.1) is 0 Å². The molecule has 1 atom stereocenters. The molecule has 0 aliphatic heterocycles. The Morgan fingerprint density at radius 1 is 0.481 bits per heavy atom. The second-order valence-corrected chi connectivity index (χ2v) is 8.75. The summed E-state index contributed by atoms with van der Waals surface area (Å²) < 4.78 is 0. The van der Waals surface area contributed by atoms with E-state index >= 15 is 0 Å². The van der Waals surface area contributed by atoms with E-state index in [4.69, 9.17) is 5.73 Å². The first-order chi connectivity index (χ1) is 13.3. The van der Waals surface area contributed by atoms with Gasteiger partial charge in [0, 0.05) is 6.54 Å². The van der Waals surface area contributed by atoms with Crippen molar-refractivity contribution >= 4 is 0 Å². The Morgan fingerprint density at radius 3 is 1.00 bits per heavy atom. The number of hydrogen-bond acceptors (Lipinski definition) is 2. The van der Waals surface area contributed by atoms with Crippen molar-refractivity contribution in [2.45, 2.75) is 154 Å². The van der Waals surface area contributed by atoms with Crippen molar-refractivity contribution in [3.8, 4) is 0 Å². The molecule has 164 valence electrons. The van der Waals surface area contributed by atoms with Gasteiger partial charge in [-0.3, -0.25) is 0 Å². The maximum absolute atomic E-state index is 9.39. The topological polar surface area (TPSA) is 46.2 Å². The van der Waals surface area contributed by atoms with Crippen LogP contribution in [0.25, 0.3) is 0 Å². The summed E-state index contributed by atoms with van der Waals surface area (Å²) >= 11 is 0. The molecule has 1 unspecified atom stereocenters. The molecule has 0 spiro atoms. The molecule has 2 nitrogen and oxygen atoms in total. The van der Waals surface area contributed by atoms with Gasteiger partial charge in [0.25, 0.3) is 0 Å². The first-order valence-electron chi connectivity index (χ1n) is 12.7. The quantitative estimate of drug-likeness (QED) is 0.176. The van der Waals surface area contributed by atoms with Crippen LogP contribution in [0.1, 0.15) is 148 Å². The number of rotatable bonds is 23. The molecule has 0 aliphatic rings. The van der Waals surface area contributed by atoms with Crippen LogP contribution < -0.4 is 5.73 Å². The highest BCUT2D eigenvalue weighted by Gasteiger charge is 2.00. The van der Waals surface area contributed by atoms with Crippen molar-refractivity contribution in [2.75, 3.05) is 6.54 Å². The lowest BCUT2D eigenvalue weighted by Gasteiger charge is -2.06. The van der Waals surface area contributed by atoms with Gasteiger partial charge in [-0.2, -0.15) is 0 Å². The normalized spacial score (nSPS) is 12.6. The SMILES string of the molecule is CCCCCCCCCCCCCCCCCCCCCCCC(O)CN. The summed E-state index contributed by atoms with van der Waals surface area (Å²) in [6.45, 7) is 2.71. The van der Waals surface area contributed by atoms with Gasteiger partial charge >= 0.3 is 0 Å². The molecule has 0 aliphatic carbocycles. The molecule has 0 aromatic rings. The molecular formula is C25H53NO. The molecule has 0 amide bonds. The average molecular weight is 384 g/mol. The zero-order valence-corrected chi connectivity index (χ0v) is 18.9. The van der Waals surface area contributed by atoms with E-state index in [2.05, 4.69) is 6.92 Å². The zero-order valence-electron chi connectivity index (χ0n) is 18.9. The third-order valence-corrected chi connectivity index (χ3v) is 5.91. The minimum Gasteiger partial charge on any atom is -0.392 e. The average Bonchev–Trinajstić information content (AvgIpc) is 2.68. The number of unbranched alkanes of at least 4 members (excludes halogenated alkanes) is 20. The maximum Gasteiger partial charge on any atom is 0.0662 e. The second kappa shape index (κ2) is 24.0. The predicted octanol–water partition coefficient (Wildman–Crippen LogP) is 7.91. The summed E-state index contributed by atoms with van der Waals surface area (Å²) in [4.78, 5) is 0. The van der Waals surface area contributed by atoms with Crippen molar-refractivity contribution in [1.29, 1.82) is 0 Å². The van der Waals surface area contributed by atoms with Gasteiger partial charge < -0.3 is 10.8 Å². The van der Waals surface area contributed by atoms with Crippen LogP contribution >= 0.6 is 0 Å². The minimum absolute atomic E-state index is 0.273. The van der Waals surface area contributed by atoms with Gasteiger partial charge in [-0.05, 0) is 6.42 Å². The number of hydrogen-bond donors (Lipinski definition) is 2. The van der Waals surface area contributed by atoms with Crippen LogP contribution in [0.3, 0.4) is 0 Å². The highest BCUT2D eigenvalue weighted by molar-refractivity contribution is 4.56. The molecule has 3 N–H and O–H groups in total. The lowest BCUT2D eigenvalue weighted by molar-refractivity contribution is 0.168. The van der Waals surface area contributed by atoms with Crippen molar-refractivity contribution in [3.05, 3.63) is 0 Å². The molecule has 0 aromatic heterocycles. The Kier molecular flexibility index (Phi) is 23.9. The van der Waals surface area contributed by atoms with E-state index in [1.165, 1.54) is 128 Å². The minimum atomic E-state index is -0.273. The first kappa shape index (κ1) is 26.9. The molecule has 0 heterocycles. The van der Waals surface area contributed by atoms with Crippen LogP contribution in [0.4, 0.5) is 0 Å². The maximum atomic E-state index is 9.39. The van der Waals surface area contributed by atoms with Crippen LogP contribution in [0.5, 0.6) is 0 Å². The van der Waals surface area contributed by atoms with Crippen molar-refractivity contribution in [1.82, 2.24) is 0 Å².